The number of benzene rings is 4. The van der Waals surface area contributed by atoms with Crippen molar-refractivity contribution in [2.45, 2.75) is 13.3 Å². The van der Waals surface area contributed by atoms with Crippen LogP contribution >= 0.6 is 0 Å². The van der Waals surface area contributed by atoms with Crippen LogP contribution in [-0.4, -0.2) is 30.8 Å². The molecule has 200 valence electrons. The number of hydrogen-bond donors (Lipinski definition) is 0. The fourth-order valence-corrected chi connectivity index (χ4v) is 4.40. The predicted molar refractivity (Wildman–Crippen MR) is 163 cm³/mol. The fraction of sp³-hybridized carbons (Fsp3) is 0.143. The van der Waals surface area contributed by atoms with Crippen molar-refractivity contribution in [2.75, 3.05) is 20.8 Å². The molecule has 0 fully saturated rings. The van der Waals surface area contributed by atoms with Crippen molar-refractivity contribution in [3.05, 3.63) is 114 Å². The van der Waals surface area contributed by atoms with Gasteiger partial charge in [-0.15, -0.1) is 0 Å². The second-order valence-electron chi connectivity index (χ2n) is 9.24. The Kier molecular flexibility index (Phi) is 8.52. The number of hydrogen-bond acceptors (Lipinski definition) is 5. The summed E-state index contributed by atoms with van der Waals surface area (Å²) >= 11 is 0. The molecule has 0 aliphatic carbocycles. The molecule has 0 bridgehead atoms. The van der Waals surface area contributed by atoms with Crippen molar-refractivity contribution < 1.29 is 14.2 Å². The van der Waals surface area contributed by atoms with Gasteiger partial charge >= 0.3 is 0 Å². The van der Waals surface area contributed by atoms with Gasteiger partial charge in [0.25, 0.3) is 0 Å². The van der Waals surface area contributed by atoms with Gasteiger partial charge in [0.2, 0.25) is 0 Å². The van der Waals surface area contributed by atoms with E-state index in [1.165, 1.54) is 0 Å². The lowest BCUT2D eigenvalue weighted by Gasteiger charge is -2.11. The molecule has 0 N–H and O–H groups in total. The third kappa shape index (κ3) is 6.21. The SMILES string of the molecule is CCCOc1ccc(-c2cc(-c3ccc(/C=C/c4cccc(OC)c4OC)cc3)nc(-c3ccccc3)n2)cc1. The van der Waals surface area contributed by atoms with E-state index >= 15 is 0 Å². The fourth-order valence-electron chi connectivity index (χ4n) is 4.40. The molecule has 0 unspecified atom stereocenters. The van der Waals surface area contributed by atoms with E-state index < -0.39 is 0 Å². The summed E-state index contributed by atoms with van der Waals surface area (Å²) in [4.78, 5) is 9.86. The summed E-state index contributed by atoms with van der Waals surface area (Å²) in [6.45, 7) is 2.80. The van der Waals surface area contributed by atoms with Crippen LogP contribution in [0.5, 0.6) is 17.2 Å². The van der Waals surface area contributed by atoms with E-state index in [4.69, 9.17) is 24.2 Å². The molecular weight excluding hydrogens is 496 g/mol. The Bertz CT molecular complexity index is 1580. The Morgan fingerprint density at radius 2 is 1.32 bits per heavy atom. The maximum absolute atomic E-state index is 5.76. The van der Waals surface area contributed by atoms with Gasteiger partial charge in [-0.3, -0.25) is 0 Å². The lowest BCUT2D eigenvalue weighted by atomic mass is 10.0. The second-order valence-corrected chi connectivity index (χ2v) is 9.24. The Morgan fingerprint density at radius 1 is 0.650 bits per heavy atom. The summed E-state index contributed by atoms with van der Waals surface area (Å²) in [6.07, 6.45) is 5.06. The Balaban J connectivity index is 1.46. The highest BCUT2D eigenvalue weighted by atomic mass is 16.5. The van der Waals surface area contributed by atoms with Gasteiger partial charge < -0.3 is 14.2 Å². The summed E-state index contributed by atoms with van der Waals surface area (Å²) in [7, 11) is 3.29. The number of ether oxygens (including phenoxy) is 3. The first-order valence-corrected chi connectivity index (χ1v) is 13.4. The van der Waals surface area contributed by atoms with Crippen LogP contribution in [0.25, 0.3) is 46.1 Å². The van der Waals surface area contributed by atoms with Gasteiger partial charge in [-0.25, -0.2) is 9.97 Å². The van der Waals surface area contributed by atoms with E-state index in [9.17, 15) is 0 Å². The van der Waals surface area contributed by atoms with Crippen molar-refractivity contribution in [3.63, 3.8) is 0 Å². The molecule has 5 rings (SSSR count). The number of methoxy groups -OCH3 is 2. The van der Waals surface area contributed by atoms with Crippen molar-refractivity contribution >= 4 is 12.2 Å². The smallest absolute Gasteiger partial charge is 0.167 e. The molecule has 0 amide bonds. The topological polar surface area (TPSA) is 53.5 Å². The molecule has 0 atom stereocenters. The maximum Gasteiger partial charge on any atom is 0.167 e. The quantitative estimate of drug-likeness (QED) is 0.170. The van der Waals surface area contributed by atoms with E-state index in [2.05, 4.69) is 37.3 Å². The largest absolute Gasteiger partial charge is 0.494 e. The average Bonchev–Trinajstić information content (AvgIpc) is 3.03. The lowest BCUT2D eigenvalue weighted by Crippen LogP contribution is -1.97. The van der Waals surface area contributed by atoms with E-state index in [-0.39, 0.29) is 0 Å². The molecule has 1 aromatic heterocycles. The number of para-hydroxylation sites is 1. The van der Waals surface area contributed by atoms with Crippen molar-refractivity contribution in [2.24, 2.45) is 0 Å². The van der Waals surface area contributed by atoms with Gasteiger partial charge in [-0.1, -0.05) is 85.8 Å². The monoisotopic (exact) mass is 528 g/mol. The van der Waals surface area contributed by atoms with E-state index in [0.29, 0.717) is 23.9 Å². The van der Waals surface area contributed by atoms with Gasteiger partial charge in [0, 0.05) is 22.3 Å². The second kappa shape index (κ2) is 12.8. The molecule has 5 aromatic rings. The first-order valence-electron chi connectivity index (χ1n) is 13.4. The number of aromatic nitrogens is 2. The highest BCUT2D eigenvalue weighted by molar-refractivity contribution is 5.76. The third-order valence-electron chi connectivity index (χ3n) is 6.48. The van der Waals surface area contributed by atoms with Gasteiger partial charge in [0.05, 0.1) is 32.2 Å². The minimum atomic E-state index is 0.688. The first kappa shape index (κ1) is 26.7. The molecule has 1 heterocycles. The van der Waals surface area contributed by atoms with Crippen molar-refractivity contribution in [3.8, 4) is 51.2 Å². The van der Waals surface area contributed by atoms with Crippen LogP contribution in [0.2, 0.25) is 0 Å². The van der Waals surface area contributed by atoms with Crippen LogP contribution in [0.1, 0.15) is 24.5 Å². The van der Waals surface area contributed by atoms with Crippen LogP contribution in [0.4, 0.5) is 0 Å². The summed E-state index contributed by atoms with van der Waals surface area (Å²) in [5.41, 5.74) is 6.73. The Labute approximate surface area is 235 Å². The Morgan fingerprint density at radius 3 is 1.95 bits per heavy atom. The third-order valence-corrected chi connectivity index (χ3v) is 6.48. The maximum atomic E-state index is 5.76. The van der Waals surface area contributed by atoms with Crippen molar-refractivity contribution in [1.29, 1.82) is 0 Å². The normalized spacial score (nSPS) is 11.0. The molecule has 0 radical (unpaired) electrons. The zero-order chi connectivity index (χ0) is 27.7. The number of rotatable bonds is 10. The molecule has 4 aromatic carbocycles. The Hall–Kier alpha value is -4.90. The van der Waals surface area contributed by atoms with Gasteiger partial charge in [0.15, 0.2) is 17.3 Å². The summed E-state index contributed by atoms with van der Waals surface area (Å²) in [5.74, 6) is 2.97. The van der Waals surface area contributed by atoms with Crippen LogP contribution < -0.4 is 14.2 Å². The van der Waals surface area contributed by atoms with E-state index in [0.717, 1.165) is 51.4 Å². The van der Waals surface area contributed by atoms with E-state index in [1.807, 2.05) is 84.9 Å². The predicted octanol–water partition coefficient (Wildman–Crippen LogP) is 8.45. The average molecular weight is 529 g/mol. The van der Waals surface area contributed by atoms with Gasteiger partial charge in [-0.2, -0.15) is 0 Å². The summed E-state index contributed by atoms with van der Waals surface area (Å²) in [5, 5.41) is 0. The standard InChI is InChI=1S/C35H32N2O3/c1-4-23-40-30-21-19-27(20-22-30)32-24-31(36-35(37-32)29-9-6-5-7-10-29)26-16-13-25(14-17-26)15-18-28-11-8-12-33(38-2)34(28)39-3/h5-22,24H,4,23H2,1-3H3/b18-15+. The molecule has 0 aliphatic heterocycles. The zero-order valence-electron chi connectivity index (χ0n) is 23.0. The van der Waals surface area contributed by atoms with Crippen LogP contribution in [0.3, 0.4) is 0 Å². The first-order chi connectivity index (χ1) is 19.7. The van der Waals surface area contributed by atoms with Gasteiger partial charge in [-0.05, 0) is 48.4 Å². The van der Waals surface area contributed by atoms with E-state index in [1.54, 1.807) is 14.2 Å². The highest BCUT2D eigenvalue weighted by Gasteiger charge is 2.11. The lowest BCUT2D eigenvalue weighted by molar-refractivity contribution is 0.317. The molecule has 40 heavy (non-hydrogen) atoms. The van der Waals surface area contributed by atoms with Crippen LogP contribution in [0.15, 0.2) is 103 Å². The molecule has 0 aliphatic rings. The zero-order valence-corrected chi connectivity index (χ0v) is 23.0. The highest BCUT2D eigenvalue weighted by Crippen LogP contribution is 2.32. The van der Waals surface area contributed by atoms with Crippen LogP contribution in [-0.2, 0) is 0 Å². The van der Waals surface area contributed by atoms with Crippen LogP contribution in [0, 0.1) is 0 Å². The summed E-state index contributed by atoms with van der Waals surface area (Å²) < 4.78 is 16.7. The molecular formula is C35H32N2O3. The number of nitrogens with zero attached hydrogens (tertiary/aromatic N) is 2. The minimum absolute atomic E-state index is 0.688. The molecule has 5 nitrogen and oxygen atoms in total. The molecule has 5 heteroatoms. The summed E-state index contributed by atoms with van der Waals surface area (Å²) in [6, 6.07) is 34.4. The molecule has 0 spiro atoms. The molecule has 0 saturated heterocycles. The molecule has 0 saturated carbocycles. The minimum Gasteiger partial charge on any atom is -0.494 e. The van der Waals surface area contributed by atoms with Crippen molar-refractivity contribution in [1.82, 2.24) is 9.97 Å². The van der Waals surface area contributed by atoms with Gasteiger partial charge in [0.1, 0.15) is 5.75 Å².